The van der Waals surface area contributed by atoms with Gasteiger partial charge in [0.2, 0.25) is 5.88 Å². The lowest BCUT2D eigenvalue weighted by molar-refractivity contribution is -0.137. The first-order chi connectivity index (χ1) is 12.3. The maximum absolute atomic E-state index is 12.6. The second kappa shape index (κ2) is 5.98. The van der Waals surface area contributed by atoms with Crippen LogP contribution in [0.4, 0.5) is 13.2 Å². The lowest BCUT2D eigenvalue weighted by atomic mass is 9.80. The molecule has 1 N–H and O–H groups in total. The molecule has 26 heavy (non-hydrogen) atoms. The largest absolute Gasteiger partial charge is 0.439 e. The first-order valence-corrected chi connectivity index (χ1v) is 8.21. The molecule has 3 aromatic rings. The van der Waals surface area contributed by atoms with Crippen LogP contribution in [0.3, 0.4) is 0 Å². The highest BCUT2D eigenvalue weighted by atomic mass is 19.4. The molecule has 1 aromatic carbocycles. The van der Waals surface area contributed by atoms with Gasteiger partial charge in [0.25, 0.3) is 0 Å². The van der Waals surface area contributed by atoms with Crippen molar-refractivity contribution in [2.24, 2.45) is 0 Å². The molecule has 0 radical (unpaired) electrons. The second-order valence-electron chi connectivity index (χ2n) is 6.59. The number of hydrogen-bond acceptors (Lipinski definition) is 4. The predicted octanol–water partition coefficient (Wildman–Crippen LogP) is 4.16. The zero-order chi connectivity index (χ0) is 18.4. The zero-order valence-electron chi connectivity index (χ0n) is 13.7. The molecule has 1 aliphatic rings. The van der Waals surface area contributed by atoms with Crippen LogP contribution < -0.4 is 4.74 Å². The van der Waals surface area contributed by atoms with Crippen LogP contribution in [0.1, 0.15) is 24.8 Å². The summed E-state index contributed by atoms with van der Waals surface area (Å²) in [5, 5.41) is 10.4. The Kier molecular flexibility index (Phi) is 3.87. The maximum Gasteiger partial charge on any atom is 0.417 e. The smallest absolute Gasteiger partial charge is 0.417 e. The minimum absolute atomic E-state index is 0.0704. The van der Waals surface area contributed by atoms with Crippen molar-refractivity contribution in [3.63, 3.8) is 0 Å². The topological polar surface area (TPSA) is 60.2 Å². The molecule has 0 amide bonds. The Morgan fingerprint density at radius 2 is 1.96 bits per heavy atom. The number of hydrogen-bond donors (Lipinski definition) is 1. The summed E-state index contributed by atoms with van der Waals surface area (Å²) in [7, 11) is 0. The standard InChI is InChI=1S/C18H16F3N3O2/c19-18(20,21)12-2-5-16(22-9-12)26-13-3-4-14-15(8-13)24(11-23-14)10-17(25)6-1-7-17/h2-5,8-9,11,25H,1,6-7,10H2. The van der Waals surface area contributed by atoms with Crippen LogP contribution in [0.2, 0.25) is 0 Å². The van der Waals surface area contributed by atoms with E-state index >= 15 is 0 Å². The highest BCUT2D eigenvalue weighted by Crippen LogP contribution is 2.34. The van der Waals surface area contributed by atoms with Crippen molar-refractivity contribution >= 4 is 11.0 Å². The van der Waals surface area contributed by atoms with Crippen LogP contribution in [0.15, 0.2) is 42.9 Å². The van der Waals surface area contributed by atoms with Crippen LogP contribution in [-0.4, -0.2) is 25.2 Å². The molecule has 0 saturated heterocycles. The van der Waals surface area contributed by atoms with Gasteiger partial charge in [-0.3, -0.25) is 0 Å². The molecule has 1 saturated carbocycles. The van der Waals surface area contributed by atoms with E-state index < -0.39 is 17.3 Å². The number of aliphatic hydroxyl groups is 1. The van der Waals surface area contributed by atoms with Crippen LogP contribution >= 0.6 is 0 Å². The molecule has 136 valence electrons. The molecule has 8 heteroatoms. The summed E-state index contributed by atoms with van der Waals surface area (Å²) in [6.45, 7) is 0.450. The van der Waals surface area contributed by atoms with Crippen LogP contribution in [0.25, 0.3) is 11.0 Å². The fourth-order valence-electron chi connectivity index (χ4n) is 3.02. The number of alkyl halides is 3. The van der Waals surface area contributed by atoms with Gasteiger partial charge >= 0.3 is 6.18 Å². The first-order valence-electron chi connectivity index (χ1n) is 8.21. The number of pyridine rings is 1. The molecule has 4 rings (SSSR count). The number of fused-ring (bicyclic) bond motifs is 1. The van der Waals surface area contributed by atoms with Crippen molar-refractivity contribution in [3.8, 4) is 11.6 Å². The van der Waals surface area contributed by atoms with Gasteiger partial charge in [-0.25, -0.2) is 9.97 Å². The van der Waals surface area contributed by atoms with Crippen LogP contribution in [0, 0.1) is 0 Å². The van der Waals surface area contributed by atoms with E-state index in [9.17, 15) is 18.3 Å². The van der Waals surface area contributed by atoms with E-state index in [1.807, 2.05) is 4.57 Å². The minimum Gasteiger partial charge on any atom is -0.439 e. The molecule has 0 spiro atoms. The van der Waals surface area contributed by atoms with Crippen molar-refractivity contribution in [1.29, 1.82) is 0 Å². The van der Waals surface area contributed by atoms with Gasteiger partial charge in [0.1, 0.15) is 5.75 Å². The summed E-state index contributed by atoms with van der Waals surface area (Å²) >= 11 is 0. The van der Waals surface area contributed by atoms with Crippen LogP contribution in [0.5, 0.6) is 11.6 Å². The Balaban J connectivity index is 1.57. The summed E-state index contributed by atoms with van der Waals surface area (Å²) in [4.78, 5) is 8.01. The molecule has 0 bridgehead atoms. The third-order valence-electron chi connectivity index (χ3n) is 4.63. The minimum atomic E-state index is -4.43. The zero-order valence-corrected chi connectivity index (χ0v) is 13.7. The Morgan fingerprint density at radius 1 is 1.15 bits per heavy atom. The molecule has 2 heterocycles. The van der Waals surface area contributed by atoms with Gasteiger partial charge in [-0.2, -0.15) is 13.2 Å². The summed E-state index contributed by atoms with van der Waals surface area (Å²) in [5.74, 6) is 0.508. The van der Waals surface area contributed by atoms with Gasteiger partial charge in [-0.05, 0) is 37.5 Å². The number of benzene rings is 1. The fourth-order valence-corrected chi connectivity index (χ4v) is 3.02. The van der Waals surface area contributed by atoms with Gasteiger partial charge < -0.3 is 14.4 Å². The highest BCUT2D eigenvalue weighted by molar-refractivity contribution is 5.77. The van der Waals surface area contributed by atoms with Crippen molar-refractivity contribution < 1.29 is 23.0 Å². The molecule has 5 nitrogen and oxygen atoms in total. The maximum atomic E-state index is 12.6. The second-order valence-corrected chi connectivity index (χ2v) is 6.59. The average Bonchev–Trinajstić information content (AvgIpc) is 2.95. The van der Waals surface area contributed by atoms with E-state index in [4.69, 9.17) is 4.74 Å². The molecule has 0 atom stereocenters. The van der Waals surface area contributed by atoms with E-state index in [2.05, 4.69) is 9.97 Å². The molecule has 0 unspecified atom stereocenters. The summed E-state index contributed by atoms with van der Waals surface area (Å²) in [5.41, 5.74) is 0.0157. The number of nitrogens with zero attached hydrogens (tertiary/aromatic N) is 3. The van der Waals surface area contributed by atoms with Crippen molar-refractivity contribution in [3.05, 3.63) is 48.4 Å². The van der Waals surface area contributed by atoms with Gasteiger partial charge in [0.15, 0.2) is 0 Å². The third-order valence-corrected chi connectivity index (χ3v) is 4.63. The summed E-state index contributed by atoms with van der Waals surface area (Å²) in [6.07, 6.45) is 0.512. The lowest BCUT2D eigenvalue weighted by Gasteiger charge is -2.36. The number of ether oxygens (including phenoxy) is 1. The Morgan fingerprint density at radius 3 is 2.58 bits per heavy atom. The van der Waals surface area contributed by atoms with E-state index in [-0.39, 0.29) is 5.88 Å². The molecule has 2 aromatic heterocycles. The molecule has 1 aliphatic carbocycles. The van der Waals surface area contributed by atoms with Gasteiger partial charge in [-0.1, -0.05) is 0 Å². The third kappa shape index (κ3) is 3.24. The number of halogens is 3. The monoisotopic (exact) mass is 363 g/mol. The van der Waals surface area contributed by atoms with Crippen molar-refractivity contribution in [2.45, 2.75) is 37.6 Å². The SMILES string of the molecule is OC1(Cn2cnc3ccc(Oc4ccc(C(F)(F)F)cn4)cc32)CCC1. The van der Waals surface area contributed by atoms with E-state index in [0.29, 0.717) is 12.3 Å². The van der Waals surface area contributed by atoms with Gasteiger partial charge in [0, 0.05) is 18.3 Å². The normalized spacial score (nSPS) is 16.5. The predicted molar refractivity (Wildman–Crippen MR) is 87.8 cm³/mol. The van der Waals surface area contributed by atoms with Crippen molar-refractivity contribution in [1.82, 2.24) is 14.5 Å². The fraction of sp³-hybridized carbons (Fsp3) is 0.333. The first kappa shape index (κ1) is 16.8. The Bertz CT molecular complexity index is 931. The van der Waals surface area contributed by atoms with Crippen molar-refractivity contribution in [2.75, 3.05) is 0 Å². The Hall–Kier alpha value is -2.61. The van der Waals surface area contributed by atoms with Gasteiger partial charge in [-0.15, -0.1) is 0 Å². The van der Waals surface area contributed by atoms with Gasteiger partial charge in [0.05, 0.1) is 35.1 Å². The summed E-state index contributed by atoms with van der Waals surface area (Å²) in [6, 6.07) is 7.29. The number of aromatic nitrogens is 3. The summed E-state index contributed by atoms with van der Waals surface area (Å²) < 4.78 is 45.2. The lowest BCUT2D eigenvalue weighted by Crippen LogP contribution is -2.40. The highest BCUT2D eigenvalue weighted by Gasteiger charge is 2.35. The average molecular weight is 363 g/mol. The van der Waals surface area contributed by atoms with E-state index in [1.165, 1.54) is 6.07 Å². The quantitative estimate of drug-likeness (QED) is 0.756. The Labute approximate surface area is 147 Å². The van der Waals surface area contributed by atoms with E-state index in [1.54, 1.807) is 24.5 Å². The number of imidazole rings is 1. The molecule has 0 aliphatic heterocycles. The number of rotatable bonds is 4. The molecule has 1 fully saturated rings. The molecular weight excluding hydrogens is 347 g/mol. The van der Waals surface area contributed by atoms with E-state index in [0.717, 1.165) is 42.6 Å². The van der Waals surface area contributed by atoms with Crippen LogP contribution in [-0.2, 0) is 12.7 Å². The molecular formula is C18H16F3N3O2.